The number of nitrogens with zero attached hydrogens (tertiary/aromatic N) is 5. The van der Waals surface area contributed by atoms with Crippen LogP contribution in [-0.2, 0) is 4.74 Å². The predicted octanol–water partition coefficient (Wildman–Crippen LogP) is 4.67. The second-order valence-electron chi connectivity index (χ2n) is 10.7. The van der Waals surface area contributed by atoms with Crippen molar-refractivity contribution < 1.29 is 18.7 Å². The van der Waals surface area contributed by atoms with Gasteiger partial charge in [0.05, 0.1) is 12.2 Å². The number of hydrogen-bond acceptors (Lipinski definition) is 7. The number of likely N-dealkylation sites (tertiary alicyclic amines) is 1. The first kappa shape index (κ1) is 26.3. The first-order valence-corrected chi connectivity index (χ1v) is 14.1. The van der Waals surface area contributed by atoms with Gasteiger partial charge in [-0.3, -0.25) is 4.79 Å². The van der Waals surface area contributed by atoms with Crippen molar-refractivity contribution in [2.75, 3.05) is 30.8 Å². The average Bonchev–Trinajstić information content (AvgIpc) is 3.62. The van der Waals surface area contributed by atoms with Gasteiger partial charge in [-0.05, 0) is 82.2 Å². The lowest BCUT2D eigenvalue weighted by Gasteiger charge is -2.27. The molecule has 2 aliphatic heterocycles. The van der Waals surface area contributed by atoms with E-state index in [9.17, 15) is 14.0 Å². The minimum atomic E-state index is -0.571. The van der Waals surface area contributed by atoms with Crippen molar-refractivity contribution in [1.29, 1.82) is 0 Å². The molecule has 1 unspecified atom stereocenters. The van der Waals surface area contributed by atoms with E-state index in [1.54, 1.807) is 27.2 Å². The van der Waals surface area contributed by atoms with E-state index in [1.165, 1.54) is 12.3 Å². The lowest BCUT2D eigenvalue weighted by Crippen LogP contribution is -2.40. The largest absolute Gasteiger partial charge is 0.444 e. The van der Waals surface area contributed by atoms with E-state index in [0.717, 1.165) is 29.8 Å². The third-order valence-electron chi connectivity index (χ3n) is 6.85. The fourth-order valence-corrected chi connectivity index (χ4v) is 5.77. The molecule has 5 rings (SSSR count). The molecule has 11 heteroatoms. The summed E-state index contributed by atoms with van der Waals surface area (Å²) in [4.78, 5) is 34.8. The van der Waals surface area contributed by atoms with Crippen molar-refractivity contribution in [3.8, 4) is 0 Å². The molecule has 2 atom stereocenters. The predicted molar refractivity (Wildman–Crippen MR) is 144 cm³/mol. The molecule has 2 fully saturated rings. The summed E-state index contributed by atoms with van der Waals surface area (Å²) < 4.78 is 21.2. The van der Waals surface area contributed by atoms with Crippen molar-refractivity contribution in [2.24, 2.45) is 0 Å². The monoisotopic (exact) mass is 540 g/mol. The Morgan fingerprint density at radius 2 is 1.97 bits per heavy atom. The highest BCUT2D eigenvalue weighted by atomic mass is 32.2. The zero-order valence-corrected chi connectivity index (χ0v) is 22.9. The van der Waals surface area contributed by atoms with Gasteiger partial charge in [-0.15, -0.1) is 16.9 Å². The van der Waals surface area contributed by atoms with Crippen molar-refractivity contribution in [1.82, 2.24) is 24.8 Å². The van der Waals surface area contributed by atoms with E-state index in [2.05, 4.69) is 15.2 Å². The van der Waals surface area contributed by atoms with E-state index < -0.39 is 5.60 Å². The van der Waals surface area contributed by atoms with Crippen LogP contribution in [0.5, 0.6) is 0 Å². The number of rotatable bonds is 5. The number of nitrogens with one attached hydrogen (secondary N) is 1. The quantitative estimate of drug-likeness (QED) is 0.470. The number of carbonyl (C=O) groups is 2. The van der Waals surface area contributed by atoms with E-state index in [0.29, 0.717) is 36.7 Å². The Hall–Kier alpha value is -3.34. The summed E-state index contributed by atoms with van der Waals surface area (Å²) in [5.41, 5.74) is 1.27. The minimum absolute atomic E-state index is 0.00350. The molecular formula is C27H33FN6O3S. The maximum absolute atomic E-state index is 14.2. The van der Waals surface area contributed by atoms with Gasteiger partial charge in [0.25, 0.3) is 5.91 Å². The Morgan fingerprint density at radius 1 is 1.16 bits per heavy atom. The number of hydrogen-bond donors (Lipinski definition) is 1. The third kappa shape index (κ3) is 5.43. The molecule has 3 aromatic rings. The van der Waals surface area contributed by atoms with Crippen molar-refractivity contribution >= 4 is 35.2 Å². The third-order valence-corrected chi connectivity index (χ3v) is 7.67. The van der Waals surface area contributed by atoms with Gasteiger partial charge < -0.3 is 19.9 Å². The molecule has 1 N–H and O–H groups in total. The number of halogens is 1. The number of aromatic nitrogens is 3. The van der Waals surface area contributed by atoms with Crippen molar-refractivity contribution in [3.05, 3.63) is 53.6 Å². The molecule has 0 saturated carbocycles. The molecule has 2 aromatic heterocycles. The molecule has 9 nitrogen and oxygen atoms in total. The molecule has 0 aliphatic carbocycles. The van der Waals surface area contributed by atoms with Gasteiger partial charge in [0.15, 0.2) is 11.3 Å². The number of imidazole rings is 1. The fraction of sp³-hybridized carbons (Fsp3) is 0.481. The van der Waals surface area contributed by atoms with E-state index >= 15 is 0 Å². The summed E-state index contributed by atoms with van der Waals surface area (Å²) in [5, 5.41) is 7.80. The number of benzene rings is 1. The SMILES string of the molecule is CSc1ccc(F)cc1[C@H]1CCCN1c1ccc2ncc(C(=O)NC3CCN(C(=O)OC(C)(C)C)C3)n2n1. The normalized spacial score (nSPS) is 19.8. The molecule has 38 heavy (non-hydrogen) atoms. The lowest BCUT2D eigenvalue weighted by atomic mass is 10.0. The zero-order valence-electron chi connectivity index (χ0n) is 22.1. The van der Waals surface area contributed by atoms with Gasteiger partial charge >= 0.3 is 6.09 Å². The number of ether oxygens (including phenoxy) is 1. The topological polar surface area (TPSA) is 92.1 Å². The van der Waals surface area contributed by atoms with Crippen LogP contribution in [0.25, 0.3) is 5.65 Å². The fourth-order valence-electron chi connectivity index (χ4n) is 5.13. The Kier molecular flexibility index (Phi) is 7.21. The molecule has 4 heterocycles. The number of fused-ring (bicyclic) bond motifs is 1. The standard InChI is InChI=1S/C27H33FN6O3S/c1-27(2,3)37-26(36)32-13-11-18(16-32)30-25(35)21-15-29-23-9-10-24(31-34(21)23)33-12-5-6-20(33)19-14-17(28)7-8-22(19)38-4/h7-10,14-15,18,20H,5-6,11-13,16H2,1-4H3,(H,30,35)/t18?,20-/m1/s1. The first-order chi connectivity index (χ1) is 18.1. The van der Waals surface area contributed by atoms with E-state index in [4.69, 9.17) is 9.84 Å². The Balaban J connectivity index is 1.33. The lowest BCUT2D eigenvalue weighted by molar-refractivity contribution is 0.0290. The minimum Gasteiger partial charge on any atom is -0.444 e. The van der Waals surface area contributed by atoms with Gasteiger partial charge in [-0.1, -0.05) is 0 Å². The van der Waals surface area contributed by atoms with Crippen LogP contribution < -0.4 is 10.2 Å². The number of carbonyl (C=O) groups excluding carboxylic acids is 2. The summed E-state index contributed by atoms with van der Waals surface area (Å²) in [6, 6.07) is 8.48. The second kappa shape index (κ2) is 10.4. The van der Waals surface area contributed by atoms with Crippen LogP contribution in [0.4, 0.5) is 15.0 Å². The van der Waals surface area contributed by atoms with Crippen LogP contribution in [0.2, 0.25) is 0 Å². The summed E-state index contributed by atoms with van der Waals surface area (Å²) in [6.45, 7) is 7.18. The molecule has 0 spiro atoms. The van der Waals surface area contributed by atoms with Gasteiger partial charge in [-0.25, -0.2) is 18.7 Å². The zero-order chi connectivity index (χ0) is 27.0. The Morgan fingerprint density at radius 3 is 2.74 bits per heavy atom. The molecule has 2 saturated heterocycles. The van der Waals surface area contributed by atoms with Crippen LogP contribution in [0, 0.1) is 5.82 Å². The average molecular weight is 541 g/mol. The number of thioether (sulfide) groups is 1. The van der Waals surface area contributed by atoms with Crippen LogP contribution in [0.15, 0.2) is 41.4 Å². The highest BCUT2D eigenvalue weighted by Gasteiger charge is 2.32. The smallest absolute Gasteiger partial charge is 0.410 e. The molecule has 2 amide bonds. The number of amides is 2. The molecular weight excluding hydrogens is 507 g/mol. The van der Waals surface area contributed by atoms with Crippen molar-refractivity contribution in [3.63, 3.8) is 0 Å². The van der Waals surface area contributed by atoms with Crippen LogP contribution >= 0.6 is 11.8 Å². The Labute approximate surface area is 225 Å². The highest BCUT2D eigenvalue weighted by Crippen LogP contribution is 2.39. The van der Waals surface area contributed by atoms with Gasteiger partial charge in [0.2, 0.25) is 0 Å². The molecule has 202 valence electrons. The molecule has 1 aromatic carbocycles. The summed E-state index contributed by atoms with van der Waals surface area (Å²) >= 11 is 1.60. The van der Waals surface area contributed by atoms with Crippen molar-refractivity contribution in [2.45, 2.75) is 62.6 Å². The van der Waals surface area contributed by atoms with Crippen LogP contribution in [0.3, 0.4) is 0 Å². The maximum Gasteiger partial charge on any atom is 0.410 e. The number of anilines is 1. The van der Waals surface area contributed by atoms with Crippen LogP contribution in [0.1, 0.15) is 62.1 Å². The molecule has 0 bridgehead atoms. The first-order valence-electron chi connectivity index (χ1n) is 12.9. The maximum atomic E-state index is 14.2. The van der Waals surface area contributed by atoms with Gasteiger partial charge in [0.1, 0.15) is 17.2 Å². The van der Waals surface area contributed by atoms with Crippen LogP contribution in [-0.4, -0.2) is 69.0 Å². The summed E-state index contributed by atoms with van der Waals surface area (Å²) in [5.74, 6) is 0.157. The summed E-state index contributed by atoms with van der Waals surface area (Å²) in [7, 11) is 0. The highest BCUT2D eigenvalue weighted by molar-refractivity contribution is 7.98. The van der Waals surface area contributed by atoms with E-state index in [-0.39, 0.29) is 29.9 Å². The second-order valence-corrected chi connectivity index (χ2v) is 11.6. The van der Waals surface area contributed by atoms with Gasteiger partial charge in [0, 0.05) is 30.6 Å². The Bertz CT molecular complexity index is 1360. The molecule has 0 radical (unpaired) electrons. The molecule has 2 aliphatic rings. The van der Waals surface area contributed by atoms with Gasteiger partial charge in [-0.2, -0.15) is 0 Å². The summed E-state index contributed by atoms with van der Waals surface area (Å²) in [6.07, 6.45) is 5.63. The van der Waals surface area contributed by atoms with E-state index in [1.807, 2.05) is 45.2 Å².